The molecule has 0 aliphatic heterocycles. The van der Waals surface area contributed by atoms with Gasteiger partial charge in [-0.1, -0.05) is 26.0 Å². The van der Waals surface area contributed by atoms with Gasteiger partial charge in [0.15, 0.2) is 5.69 Å². The first kappa shape index (κ1) is 23.4. The summed E-state index contributed by atoms with van der Waals surface area (Å²) in [7, 11) is 0. The second-order valence-electron chi connectivity index (χ2n) is 8.17. The normalized spacial score (nSPS) is 11.2. The van der Waals surface area contributed by atoms with Gasteiger partial charge in [0.2, 0.25) is 0 Å². The Kier molecular flexibility index (Phi) is 6.39. The molecule has 1 amide bonds. The summed E-state index contributed by atoms with van der Waals surface area (Å²) in [4.78, 5) is 39.1. The maximum Gasteiger partial charge on any atom is 0.359 e. The fraction of sp³-hybridized carbons (Fsp3) is 0.280. The summed E-state index contributed by atoms with van der Waals surface area (Å²) in [6, 6.07) is 9.05. The molecule has 4 rings (SSSR count). The molecule has 1 aromatic carbocycles. The van der Waals surface area contributed by atoms with Crippen molar-refractivity contribution in [3.8, 4) is 5.69 Å². The third-order valence-corrected chi connectivity index (χ3v) is 6.33. The molecule has 0 aliphatic rings. The molecule has 3 heterocycles. The summed E-state index contributed by atoms with van der Waals surface area (Å²) in [5, 5.41) is 9.63. The number of carbonyl (C=O) groups excluding carboxylic acids is 2. The number of amides is 1. The second kappa shape index (κ2) is 9.26. The van der Waals surface area contributed by atoms with Crippen molar-refractivity contribution in [1.82, 2.24) is 9.78 Å². The van der Waals surface area contributed by atoms with Gasteiger partial charge in [-0.15, -0.1) is 11.3 Å². The largest absolute Gasteiger partial charge is 0.466 e. The van der Waals surface area contributed by atoms with Crippen LogP contribution in [0.3, 0.4) is 0 Å². The number of esters is 1. The Labute approximate surface area is 200 Å². The smallest absolute Gasteiger partial charge is 0.359 e. The Morgan fingerprint density at radius 1 is 1.21 bits per heavy atom. The minimum atomic E-state index is -0.642. The Bertz CT molecular complexity index is 1440. The highest BCUT2D eigenvalue weighted by molar-refractivity contribution is 7.16. The molecule has 0 saturated carbocycles. The van der Waals surface area contributed by atoms with Crippen molar-refractivity contribution in [1.29, 1.82) is 0 Å². The Balaban J connectivity index is 1.87. The van der Waals surface area contributed by atoms with Crippen molar-refractivity contribution < 1.29 is 18.7 Å². The lowest BCUT2D eigenvalue weighted by Crippen LogP contribution is -2.25. The van der Waals surface area contributed by atoms with E-state index in [1.54, 1.807) is 44.4 Å². The fourth-order valence-corrected chi connectivity index (χ4v) is 4.63. The molecule has 34 heavy (non-hydrogen) atoms. The van der Waals surface area contributed by atoms with Crippen LogP contribution in [0.2, 0.25) is 0 Å². The van der Waals surface area contributed by atoms with Gasteiger partial charge in [0.25, 0.3) is 11.5 Å². The average Bonchev–Trinajstić information content (AvgIpc) is 3.37. The number of rotatable bonds is 6. The van der Waals surface area contributed by atoms with Crippen LogP contribution >= 0.6 is 11.3 Å². The van der Waals surface area contributed by atoms with Crippen molar-refractivity contribution in [3.05, 3.63) is 74.4 Å². The number of nitrogens with one attached hydrogen (secondary N) is 1. The Morgan fingerprint density at radius 2 is 1.91 bits per heavy atom. The van der Waals surface area contributed by atoms with E-state index in [1.807, 2.05) is 12.1 Å². The highest BCUT2D eigenvalue weighted by atomic mass is 32.1. The molecule has 176 valence electrons. The van der Waals surface area contributed by atoms with Gasteiger partial charge in [-0.05, 0) is 50.5 Å². The van der Waals surface area contributed by atoms with Gasteiger partial charge in [-0.3, -0.25) is 9.59 Å². The summed E-state index contributed by atoms with van der Waals surface area (Å²) in [5.74, 6) is 0.369. The molecular formula is C25H25N3O5S. The van der Waals surface area contributed by atoms with Crippen LogP contribution in [0.25, 0.3) is 16.5 Å². The molecule has 0 spiro atoms. The van der Waals surface area contributed by atoms with Gasteiger partial charge in [0.1, 0.15) is 16.5 Å². The fourth-order valence-electron chi connectivity index (χ4n) is 3.69. The average molecular weight is 480 g/mol. The van der Waals surface area contributed by atoms with E-state index in [9.17, 15) is 14.4 Å². The number of hydrogen-bond donors (Lipinski definition) is 1. The molecule has 0 bridgehead atoms. The predicted molar refractivity (Wildman–Crippen MR) is 131 cm³/mol. The number of furan rings is 1. The van der Waals surface area contributed by atoms with Gasteiger partial charge in [0.05, 0.1) is 23.2 Å². The van der Waals surface area contributed by atoms with E-state index in [-0.39, 0.29) is 17.7 Å². The number of nitrogens with zero attached hydrogens (tertiary/aromatic N) is 2. The van der Waals surface area contributed by atoms with Crippen LogP contribution in [0.5, 0.6) is 0 Å². The summed E-state index contributed by atoms with van der Waals surface area (Å²) < 4.78 is 11.8. The summed E-state index contributed by atoms with van der Waals surface area (Å²) in [5.41, 5.74) is 1.56. The first-order chi connectivity index (χ1) is 16.2. The molecule has 9 heteroatoms. The molecule has 0 unspecified atom stereocenters. The van der Waals surface area contributed by atoms with Gasteiger partial charge >= 0.3 is 5.97 Å². The third kappa shape index (κ3) is 4.26. The quantitative estimate of drug-likeness (QED) is 0.381. The first-order valence-electron chi connectivity index (χ1n) is 10.9. The molecule has 8 nitrogen and oxygen atoms in total. The number of hydrogen-bond acceptors (Lipinski definition) is 7. The maximum absolute atomic E-state index is 13.5. The standard InChI is InChI=1S/C25H25N3O5S/c1-6-32-25(31)21-19-12-34-23(26-22(29)18-11-14(4)33-15(18)5)20(19)24(30)28(27-21)17-9-7-16(8-10-17)13(2)3/h7-13H,6H2,1-5H3,(H,26,29). The number of fused-ring (bicyclic) bond motifs is 1. The third-order valence-electron chi connectivity index (χ3n) is 5.44. The van der Waals surface area contributed by atoms with Crippen molar-refractivity contribution >= 4 is 39.0 Å². The zero-order valence-electron chi connectivity index (χ0n) is 19.6. The van der Waals surface area contributed by atoms with Crippen molar-refractivity contribution in [3.63, 3.8) is 0 Å². The minimum absolute atomic E-state index is 0.0106. The first-order valence-corrected chi connectivity index (χ1v) is 11.8. The molecule has 1 N–H and O–H groups in total. The maximum atomic E-state index is 13.5. The number of aromatic nitrogens is 2. The van der Waals surface area contributed by atoms with Crippen LogP contribution in [0.4, 0.5) is 5.00 Å². The zero-order valence-corrected chi connectivity index (χ0v) is 20.4. The van der Waals surface area contributed by atoms with Crippen molar-refractivity contribution in [2.45, 2.75) is 40.5 Å². The molecule has 4 aromatic rings. The van der Waals surface area contributed by atoms with E-state index in [4.69, 9.17) is 9.15 Å². The molecular weight excluding hydrogens is 454 g/mol. The van der Waals surface area contributed by atoms with E-state index in [0.717, 1.165) is 16.9 Å². The van der Waals surface area contributed by atoms with Gasteiger partial charge < -0.3 is 14.5 Å². The van der Waals surface area contributed by atoms with E-state index in [2.05, 4.69) is 24.3 Å². The number of ether oxygens (including phenoxy) is 1. The van der Waals surface area contributed by atoms with Gasteiger partial charge in [-0.2, -0.15) is 9.78 Å². The van der Waals surface area contributed by atoms with E-state index >= 15 is 0 Å². The highest BCUT2D eigenvalue weighted by Gasteiger charge is 2.24. The van der Waals surface area contributed by atoms with E-state index < -0.39 is 17.4 Å². The van der Waals surface area contributed by atoms with Crippen LogP contribution in [-0.4, -0.2) is 28.3 Å². The van der Waals surface area contributed by atoms with Crippen LogP contribution in [0, 0.1) is 13.8 Å². The Morgan fingerprint density at radius 3 is 2.50 bits per heavy atom. The summed E-state index contributed by atoms with van der Waals surface area (Å²) >= 11 is 1.15. The van der Waals surface area contributed by atoms with Crippen LogP contribution < -0.4 is 10.9 Å². The lowest BCUT2D eigenvalue weighted by Gasteiger charge is -2.11. The van der Waals surface area contributed by atoms with Crippen LogP contribution in [-0.2, 0) is 4.74 Å². The molecule has 0 fully saturated rings. The molecule has 0 atom stereocenters. The van der Waals surface area contributed by atoms with Crippen LogP contribution in [0.15, 0.2) is 44.9 Å². The monoisotopic (exact) mass is 479 g/mol. The lowest BCUT2D eigenvalue weighted by atomic mass is 10.0. The van der Waals surface area contributed by atoms with Gasteiger partial charge in [-0.25, -0.2) is 4.79 Å². The zero-order chi connectivity index (χ0) is 24.6. The topological polar surface area (TPSA) is 103 Å². The number of thiophene rings is 1. The second-order valence-corrected chi connectivity index (χ2v) is 9.05. The number of benzene rings is 1. The number of aryl methyl sites for hydroxylation is 2. The van der Waals surface area contributed by atoms with E-state index in [0.29, 0.717) is 39.1 Å². The number of carbonyl (C=O) groups is 2. The van der Waals surface area contributed by atoms with E-state index in [1.165, 1.54) is 4.68 Å². The van der Waals surface area contributed by atoms with Gasteiger partial charge in [0, 0.05) is 10.8 Å². The molecule has 3 aromatic heterocycles. The minimum Gasteiger partial charge on any atom is -0.466 e. The SMILES string of the molecule is CCOC(=O)c1nn(-c2ccc(C(C)C)cc2)c(=O)c2c(NC(=O)c3cc(C)oc3C)scc12. The molecule has 0 radical (unpaired) electrons. The van der Waals surface area contributed by atoms with Crippen molar-refractivity contribution in [2.75, 3.05) is 11.9 Å². The van der Waals surface area contributed by atoms with Crippen molar-refractivity contribution in [2.24, 2.45) is 0 Å². The molecule has 0 aliphatic carbocycles. The number of anilines is 1. The highest BCUT2D eigenvalue weighted by Crippen LogP contribution is 2.31. The Hall–Kier alpha value is -3.72. The lowest BCUT2D eigenvalue weighted by molar-refractivity contribution is 0.0520. The summed E-state index contributed by atoms with van der Waals surface area (Å²) in [6.07, 6.45) is 0. The van der Waals surface area contributed by atoms with Crippen LogP contribution in [0.1, 0.15) is 64.6 Å². The molecule has 0 saturated heterocycles. The predicted octanol–water partition coefficient (Wildman–Crippen LogP) is 5.21. The summed E-state index contributed by atoms with van der Waals surface area (Å²) in [6.45, 7) is 9.47.